The monoisotopic (exact) mass is 266 g/mol. The highest BCUT2D eigenvalue weighted by atomic mass is 32.2. The van der Waals surface area contributed by atoms with Crippen LogP contribution in [0.3, 0.4) is 0 Å². The molecule has 96 valence electrons. The molecule has 1 fully saturated rings. The predicted molar refractivity (Wildman–Crippen MR) is 70.4 cm³/mol. The summed E-state index contributed by atoms with van der Waals surface area (Å²) in [5, 5.41) is 3.35. The molecule has 1 atom stereocenters. The predicted octanol–water partition coefficient (Wildman–Crippen LogP) is 0.657. The summed E-state index contributed by atoms with van der Waals surface area (Å²) in [4.78, 5) is 0. The van der Waals surface area contributed by atoms with Crippen molar-refractivity contribution in [1.29, 1.82) is 0 Å². The summed E-state index contributed by atoms with van der Waals surface area (Å²) in [6, 6.07) is 0. The molecule has 0 radical (unpaired) electrons. The van der Waals surface area contributed by atoms with Crippen LogP contribution in [0.15, 0.2) is 0 Å². The lowest BCUT2D eigenvalue weighted by Gasteiger charge is -2.26. The van der Waals surface area contributed by atoms with E-state index in [1.165, 1.54) is 24.2 Å². The molecular formula is C10H22N2O2S2. The van der Waals surface area contributed by atoms with Crippen LogP contribution in [0, 0.1) is 5.92 Å². The van der Waals surface area contributed by atoms with Crippen molar-refractivity contribution in [2.75, 3.05) is 30.9 Å². The Hall–Kier alpha value is 0.220. The topological polar surface area (TPSA) is 58.2 Å². The van der Waals surface area contributed by atoms with Crippen LogP contribution in [-0.4, -0.2) is 44.8 Å². The molecule has 16 heavy (non-hydrogen) atoms. The van der Waals surface area contributed by atoms with Gasteiger partial charge in [0.05, 0.1) is 6.26 Å². The summed E-state index contributed by atoms with van der Waals surface area (Å²) in [7, 11) is -3.13. The van der Waals surface area contributed by atoms with Crippen molar-refractivity contribution in [3.8, 4) is 0 Å². The van der Waals surface area contributed by atoms with Crippen molar-refractivity contribution in [2.24, 2.45) is 5.92 Å². The van der Waals surface area contributed by atoms with Crippen molar-refractivity contribution in [3.63, 3.8) is 0 Å². The van der Waals surface area contributed by atoms with Gasteiger partial charge < -0.3 is 5.32 Å². The van der Waals surface area contributed by atoms with Crippen LogP contribution in [0.1, 0.15) is 20.3 Å². The summed E-state index contributed by atoms with van der Waals surface area (Å²) >= 11 is 2.00. The Labute approximate surface area is 103 Å². The molecule has 0 saturated carbocycles. The fraction of sp³-hybridized carbons (Fsp3) is 1.00. The molecule has 0 aromatic carbocycles. The quantitative estimate of drug-likeness (QED) is 0.741. The summed E-state index contributed by atoms with van der Waals surface area (Å²) in [5.41, 5.74) is -0.417. The van der Waals surface area contributed by atoms with E-state index in [0.717, 1.165) is 12.5 Å². The summed E-state index contributed by atoms with van der Waals surface area (Å²) < 4.78 is 24.9. The van der Waals surface area contributed by atoms with E-state index in [9.17, 15) is 8.42 Å². The van der Waals surface area contributed by atoms with Gasteiger partial charge in [0.15, 0.2) is 0 Å². The van der Waals surface area contributed by atoms with Crippen LogP contribution < -0.4 is 10.0 Å². The number of nitrogens with one attached hydrogen (secondary N) is 2. The average molecular weight is 266 g/mol. The van der Waals surface area contributed by atoms with Gasteiger partial charge in [0.25, 0.3) is 0 Å². The molecule has 0 aromatic heterocycles. The van der Waals surface area contributed by atoms with Gasteiger partial charge in [-0.25, -0.2) is 13.1 Å². The lowest BCUT2D eigenvalue weighted by molar-refractivity contribution is 0.402. The first-order valence-corrected chi connectivity index (χ1v) is 8.60. The molecule has 1 heterocycles. The third-order valence-electron chi connectivity index (χ3n) is 2.49. The van der Waals surface area contributed by atoms with E-state index in [1.807, 2.05) is 25.6 Å². The van der Waals surface area contributed by atoms with Gasteiger partial charge in [-0.3, -0.25) is 0 Å². The van der Waals surface area contributed by atoms with E-state index < -0.39 is 15.6 Å². The Balaban J connectivity index is 2.24. The molecule has 1 aliphatic heterocycles. The second-order valence-electron chi connectivity index (χ2n) is 5.12. The maximum absolute atomic E-state index is 11.1. The minimum absolute atomic E-state index is 0.417. The molecule has 2 N–H and O–H groups in total. The van der Waals surface area contributed by atoms with Crippen LogP contribution in [0.2, 0.25) is 0 Å². The highest BCUT2D eigenvalue weighted by Gasteiger charge is 2.22. The number of rotatable bonds is 6. The highest BCUT2D eigenvalue weighted by molar-refractivity contribution is 7.99. The van der Waals surface area contributed by atoms with E-state index in [-0.39, 0.29) is 0 Å². The Morgan fingerprint density at radius 3 is 2.62 bits per heavy atom. The fourth-order valence-electron chi connectivity index (χ4n) is 1.87. The van der Waals surface area contributed by atoms with Gasteiger partial charge in [0, 0.05) is 12.1 Å². The van der Waals surface area contributed by atoms with E-state index in [2.05, 4.69) is 10.0 Å². The minimum atomic E-state index is -3.13. The normalized spacial score (nSPS) is 22.6. The second kappa shape index (κ2) is 5.71. The zero-order valence-electron chi connectivity index (χ0n) is 10.2. The lowest BCUT2D eigenvalue weighted by atomic mass is 10.1. The molecule has 0 bridgehead atoms. The zero-order chi connectivity index (χ0) is 12.2. The second-order valence-corrected chi connectivity index (χ2v) is 8.02. The van der Waals surface area contributed by atoms with Crippen LogP contribution in [-0.2, 0) is 10.0 Å². The van der Waals surface area contributed by atoms with Gasteiger partial charge in [0.1, 0.15) is 0 Å². The average Bonchev–Trinajstić information content (AvgIpc) is 2.51. The first-order valence-electron chi connectivity index (χ1n) is 5.56. The Bertz CT molecular complexity index is 309. The number of thioether (sulfide) groups is 1. The lowest BCUT2D eigenvalue weighted by Crippen LogP contribution is -2.50. The number of hydrogen-bond donors (Lipinski definition) is 2. The van der Waals surface area contributed by atoms with Gasteiger partial charge >= 0.3 is 0 Å². The highest BCUT2D eigenvalue weighted by Crippen LogP contribution is 2.22. The van der Waals surface area contributed by atoms with Crippen molar-refractivity contribution < 1.29 is 8.42 Å². The van der Waals surface area contributed by atoms with E-state index in [4.69, 9.17) is 0 Å². The number of sulfonamides is 1. The Kier molecular flexibility index (Phi) is 5.10. The van der Waals surface area contributed by atoms with E-state index in [0.29, 0.717) is 6.54 Å². The van der Waals surface area contributed by atoms with Crippen molar-refractivity contribution >= 4 is 21.8 Å². The maximum Gasteiger partial charge on any atom is 0.209 e. The van der Waals surface area contributed by atoms with E-state index in [1.54, 1.807) is 0 Å². The molecule has 1 unspecified atom stereocenters. The van der Waals surface area contributed by atoms with Gasteiger partial charge in [-0.15, -0.1) is 0 Å². The smallest absolute Gasteiger partial charge is 0.209 e. The Morgan fingerprint density at radius 1 is 1.44 bits per heavy atom. The van der Waals surface area contributed by atoms with Crippen LogP contribution in [0.4, 0.5) is 0 Å². The molecule has 6 heteroatoms. The standard InChI is InChI=1S/C10H22N2O2S2/c1-10(2,12-16(3,13)14)8-11-6-9-4-5-15-7-9/h9,11-12H,4-8H2,1-3H3. The van der Waals surface area contributed by atoms with Crippen LogP contribution >= 0.6 is 11.8 Å². The summed E-state index contributed by atoms with van der Waals surface area (Å²) in [6.07, 6.45) is 2.47. The van der Waals surface area contributed by atoms with Crippen LogP contribution in [0.25, 0.3) is 0 Å². The molecule has 0 aromatic rings. The number of hydrogen-bond acceptors (Lipinski definition) is 4. The summed E-state index contributed by atoms with van der Waals surface area (Å²) in [5.74, 6) is 3.24. The fourth-order valence-corrected chi connectivity index (χ4v) is 4.23. The maximum atomic E-state index is 11.1. The molecule has 0 amide bonds. The third kappa shape index (κ3) is 6.08. The van der Waals surface area contributed by atoms with E-state index >= 15 is 0 Å². The summed E-state index contributed by atoms with van der Waals surface area (Å²) in [6.45, 7) is 5.44. The van der Waals surface area contributed by atoms with Crippen LogP contribution in [0.5, 0.6) is 0 Å². The molecule has 1 aliphatic rings. The zero-order valence-corrected chi connectivity index (χ0v) is 11.9. The van der Waals surface area contributed by atoms with Gasteiger partial charge in [-0.05, 0) is 44.2 Å². The Morgan fingerprint density at radius 2 is 2.12 bits per heavy atom. The first-order chi connectivity index (χ1) is 7.29. The first kappa shape index (κ1) is 14.3. The SMILES string of the molecule is CC(C)(CNCC1CCSC1)NS(C)(=O)=O. The molecule has 4 nitrogen and oxygen atoms in total. The van der Waals surface area contributed by atoms with Crippen molar-refractivity contribution in [1.82, 2.24) is 10.0 Å². The van der Waals surface area contributed by atoms with Crippen molar-refractivity contribution in [2.45, 2.75) is 25.8 Å². The molecular weight excluding hydrogens is 244 g/mol. The van der Waals surface area contributed by atoms with Gasteiger partial charge in [-0.2, -0.15) is 11.8 Å². The minimum Gasteiger partial charge on any atom is -0.315 e. The largest absolute Gasteiger partial charge is 0.315 e. The molecule has 0 aliphatic carbocycles. The van der Waals surface area contributed by atoms with Gasteiger partial charge in [0.2, 0.25) is 10.0 Å². The third-order valence-corrected chi connectivity index (χ3v) is 4.64. The van der Waals surface area contributed by atoms with Crippen molar-refractivity contribution in [3.05, 3.63) is 0 Å². The molecule has 1 rings (SSSR count). The molecule has 1 saturated heterocycles. The van der Waals surface area contributed by atoms with Gasteiger partial charge in [-0.1, -0.05) is 0 Å². The molecule has 0 spiro atoms.